The molecular formula is C27H19N3O6. The Bertz CT molecular complexity index is 1610. The number of amides is 2. The molecule has 3 aromatic carbocycles. The van der Waals surface area contributed by atoms with E-state index in [0.717, 1.165) is 4.90 Å². The third kappa shape index (κ3) is 3.76. The van der Waals surface area contributed by atoms with Gasteiger partial charge in [-0.3, -0.25) is 24.7 Å². The van der Waals surface area contributed by atoms with E-state index in [1.54, 1.807) is 44.2 Å². The van der Waals surface area contributed by atoms with Gasteiger partial charge in [0.15, 0.2) is 0 Å². The van der Waals surface area contributed by atoms with Crippen molar-refractivity contribution in [2.45, 2.75) is 20.5 Å². The first-order valence-electron chi connectivity index (χ1n) is 11.1. The first-order chi connectivity index (χ1) is 17.3. The van der Waals surface area contributed by atoms with E-state index in [2.05, 4.69) is 4.98 Å². The monoisotopic (exact) mass is 481 g/mol. The van der Waals surface area contributed by atoms with Gasteiger partial charge in [-0.05, 0) is 43.2 Å². The molecule has 2 amide bonds. The van der Waals surface area contributed by atoms with Crippen molar-refractivity contribution in [2.75, 3.05) is 4.90 Å². The first-order valence-corrected chi connectivity index (χ1v) is 11.1. The van der Waals surface area contributed by atoms with E-state index in [-0.39, 0.29) is 29.1 Å². The molecule has 1 aliphatic heterocycles. The zero-order valence-electron chi connectivity index (χ0n) is 19.3. The molecule has 0 bridgehead atoms. The van der Waals surface area contributed by atoms with Crippen LogP contribution in [0.25, 0.3) is 10.9 Å². The van der Waals surface area contributed by atoms with Crippen LogP contribution in [0, 0.1) is 24.0 Å². The molecule has 5 rings (SSSR count). The van der Waals surface area contributed by atoms with Crippen LogP contribution in [0.4, 0.5) is 11.4 Å². The summed E-state index contributed by atoms with van der Waals surface area (Å²) in [7, 11) is 0. The number of hydrogen-bond donors (Lipinski definition) is 0. The van der Waals surface area contributed by atoms with Gasteiger partial charge in [-0.15, -0.1) is 0 Å². The average molecular weight is 481 g/mol. The average Bonchev–Trinajstić information content (AvgIpc) is 3.14. The molecule has 1 aromatic heterocycles. The quantitative estimate of drug-likeness (QED) is 0.172. The number of rotatable bonds is 5. The zero-order chi connectivity index (χ0) is 25.6. The van der Waals surface area contributed by atoms with Gasteiger partial charge in [-0.1, -0.05) is 36.4 Å². The molecule has 36 heavy (non-hydrogen) atoms. The maximum Gasteiger partial charge on any atom is 0.338 e. The summed E-state index contributed by atoms with van der Waals surface area (Å²) in [6.07, 6.45) is 0. The molecule has 0 unspecified atom stereocenters. The Morgan fingerprint density at radius 3 is 2.50 bits per heavy atom. The van der Waals surface area contributed by atoms with E-state index in [4.69, 9.17) is 4.74 Å². The standard InChI is InChI=1S/C27H19N3O6/c1-15-10-11-18(27(33)36-14-17-6-5-7-19(12-17)30(34)35)13-22(15)29-25(31)23-16(2)28-21-9-4-3-8-20(21)24(23)26(29)32/h3-13H,14H2,1-2H3. The second kappa shape index (κ2) is 8.70. The van der Waals surface area contributed by atoms with Crippen LogP contribution in [0.15, 0.2) is 66.7 Å². The predicted molar refractivity (Wildman–Crippen MR) is 131 cm³/mol. The molecule has 9 nitrogen and oxygen atoms in total. The Labute approximate surface area is 205 Å². The maximum absolute atomic E-state index is 13.5. The summed E-state index contributed by atoms with van der Waals surface area (Å²) in [5, 5.41) is 11.6. The number of nitro groups is 1. The third-order valence-corrected chi connectivity index (χ3v) is 6.08. The number of carbonyl (C=O) groups is 3. The highest BCUT2D eigenvalue weighted by Gasteiger charge is 2.40. The zero-order valence-corrected chi connectivity index (χ0v) is 19.3. The molecule has 1 aliphatic rings. The number of benzene rings is 3. The van der Waals surface area contributed by atoms with Crippen molar-refractivity contribution in [3.8, 4) is 0 Å². The molecule has 0 spiro atoms. The number of non-ortho nitro benzene ring substituents is 1. The molecule has 0 atom stereocenters. The smallest absolute Gasteiger partial charge is 0.338 e. The minimum atomic E-state index is -0.692. The Balaban J connectivity index is 1.46. The lowest BCUT2D eigenvalue weighted by Crippen LogP contribution is -2.30. The Hall–Kier alpha value is -4.92. The molecular weight excluding hydrogens is 462 g/mol. The minimum Gasteiger partial charge on any atom is -0.457 e. The van der Waals surface area contributed by atoms with Crippen LogP contribution < -0.4 is 4.90 Å². The van der Waals surface area contributed by atoms with E-state index in [1.807, 2.05) is 6.07 Å². The van der Waals surface area contributed by atoms with Crippen molar-refractivity contribution >= 4 is 40.1 Å². The van der Waals surface area contributed by atoms with Crippen LogP contribution >= 0.6 is 0 Å². The molecule has 0 saturated carbocycles. The van der Waals surface area contributed by atoms with Crippen molar-refractivity contribution < 1.29 is 24.0 Å². The molecule has 2 heterocycles. The largest absolute Gasteiger partial charge is 0.457 e. The lowest BCUT2D eigenvalue weighted by molar-refractivity contribution is -0.384. The van der Waals surface area contributed by atoms with Crippen molar-refractivity contribution in [1.29, 1.82) is 0 Å². The number of aromatic nitrogens is 1. The van der Waals surface area contributed by atoms with Gasteiger partial charge in [0.2, 0.25) is 0 Å². The van der Waals surface area contributed by atoms with Crippen LogP contribution in [0.2, 0.25) is 0 Å². The predicted octanol–water partition coefficient (Wildman–Crippen LogP) is 4.92. The summed E-state index contributed by atoms with van der Waals surface area (Å²) in [5.74, 6) is -1.68. The van der Waals surface area contributed by atoms with Gasteiger partial charge in [-0.2, -0.15) is 0 Å². The van der Waals surface area contributed by atoms with E-state index in [0.29, 0.717) is 33.3 Å². The molecule has 178 valence electrons. The fraction of sp³-hybridized carbons (Fsp3) is 0.111. The molecule has 9 heteroatoms. The lowest BCUT2D eigenvalue weighted by atomic mass is 10.0. The minimum absolute atomic E-state index is 0.107. The van der Waals surface area contributed by atoms with E-state index in [1.165, 1.54) is 30.3 Å². The van der Waals surface area contributed by atoms with E-state index in [9.17, 15) is 24.5 Å². The van der Waals surface area contributed by atoms with Crippen molar-refractivity contribution in [3.05, 3.63) is 110 Å². The highest BCUT2D eigenvalue weighted by Crippen LogP contribution is 2.36. The second-order valence-corrected chi connectivity index (χ2v) is 8.41. The Morgan fingerprint density at radius 2 is 1.72 bits per heavy atom. The van der Waals surface area contributed by atoms with Gasteiger partial charge in [-0.25, -0.2) is 9.69 Å². The Morgan fingerprint density at radius 1 is 0.972 bits per heavy atom. The summed E-state index contributed by atoms with van der Waals surface area (Å²) in [6, 6.07) is 17.5. The van der Waals surface area contributed by atoms with Gasteiger partial charge in [0, 0.05) is 17.5 Å². The number of anilines is 1. The van der Waals surface area contributed by atoms with Crippen LogP contribution in [-0.4, -0.2) is 27.7 Å². The van der Waals surface area contributed by atoms with Gasteiger partial charge < -0.3 is 4.74 Å². The van der Waals surface area contributed by atoms with Crippen molar-refractivity contribution in [2.24, 2.45) is 0 Å². The highest BCUT2D eigenvalue weighted by atomic mass is 16.6. The van der Waals surface area contributed by atoms with Gasteiger partial charge in [0.05, 0.1) is 38.5 Å². The van der Waals surface area contributed by atoms with Crippen LogP contribution in [0.3, 0.4) is 0 Å². The number of pyridine rings is 1. The van der Waals surface area contributed by atoms with Crippen molar-refractivity contribution in [1.82, 2.24) is 4.98 Å². The number of fused-ring (bicyclic) bond motifs is 3. The van der Waals surface area contributed by atoms with Crippen LogP contribution in [0.5, 0.6) is 0 Å². The number of aryl methyl sites for hydroxylation is 2. The molecule has 0 N–H and O–H groups in total. The second-order valence-electron chi connectivity index (χ2n) is 8.41. The molecule has 0 saturated heterocycles. The number of esters is 1. The van der Waals surface area contributed by atoms with Crippen LogP contribution in [0.1, 0.15) is 47.9 Å². The number of nitrogens with zero attached hydrogens (tertiary/aromatic N) is 3. The number of ether oxygens (including phenoxy) is 1. The summed E-state index contributed by atoms with van der Waals surface area (Å²) in [6.45, 7) is 3.25. The van der Waals surface area contributed by atoms with Gasteiger partial charge in [0.1, 0.15) is 6.61 Å². The number of hydrogen-bond acceptors (Lipinski definition) is 7. The first kappa shape index (κ1) is 22.9. The van der Waals surface area contributed by atoms with E-state index >= 15 is 0 Å². The summed E-state index contributed by atoms with van der Waals surface area (Å²) >= 11 is 0. The number of imide groups is 1. The maximum atomic E-state index is 13.5. The highest BCUT2D eigenvalue weighted by molar-refractivity contribution is 6.38. The van der Waals surface area contributed by atoms with Crippen molar-refractivity contribution in [3.63, 3.8) is 0 Å². The lowest BCUT2D eigenvalue weighted by Gasteiger charge is -2.17. The SMILES string of the molecule is Cc1ccc(C(=O)OCc2cccc([N+](=O)[O-])c2)cc1N1C(=O)c2c(C)nc3ccccc3c2C1=O. The molecule has 0 fully saturated rings. The van der Waals surface area contributed by atoms with E-state index < -0.39 is 22.7 Å². The summed E-state index contributed by atoms with van der Waals surface area (Å²) in [5.41, 5.74) is 2.99. The number of nitro benzene ring substituents is 1. The number of para-hydroxylation sites is 1. The number of carbonyl (C=O) groups excluding carboxylic acids is 3. The summed E-state index contributed by atoms with van der Waals surface area (Å²) < 4.78 is 5.34. The molecule has 4 aromatic rings. The fourth-order valence-corrected chi connectivity index (χ4v) is 4.32. The molecule has 0 aliphatic carbocycles. The van der Waals surface area contributed by atoms with Gasteiger partial charge in [0.25, 0.3) is 17.5 Å². The Kier molecular flexibility index (Phi) is 5.52. The fourth-order valence-electron chi connectivity index (χ4n) is 4.32. The summed E-state index contributed by atoms with van der Waals surface area (Å²) in [4.78, 5) is 55.7. The third-order valence-electron chi connectivity index (χ3n) is 6.08. The van der Waals surface area contributed by atoms with Crippen LogP contribution in [-0.2, 0) is 11.3 Å². The normalized spacial score (nSPS) is 12.7. The molecule has 0 radical (unpaired) electrons. The topological polar surface area (TPSA) is 120 Å². The van der Waals surface area contributed by atoms with Gasteiger partial charge >= 0.3 is 5.97 Å².